The van der Waals surface area contributed by atoms with Crippen LogP contribution in [0.5, 0.6) is 17.2 Å². The Kier molecular flexibility index (Phi) is 4.13. The normalized spacial score (nSPS) is 10.8. The van der Waals surface area contributed by atoms with Crippen LogP contribution in [-0.2, 0) is 5.41 Å². The van der Waals surface area contributed by atoms with E-state index in [0.717, 1.165) is 17.1 Å². The zero-order chi connectivity index (χ0) is 15.5. The Labute approximate surface area is 125 Å². The lowest BCUT2D eigenvalue weighted by atomic mass is 9.86. The lowest BCUT2D eigenvalue weighted by Crippen LogP contribution is -2.12. The van der Waals surface area contributed by atoms with Gasteiger partial charge in [-0.2, -0.15) is 5.26 Å². The van der Waals surface area contributed by atoms with Crippen molar-refractivity contribution in [1.82, 2.24) is 4.98 Å². The number of rotatable bonds is 3. The topological polar surface area (TPSA) is 55.1 Å². The molecular formula is C17H18N2O2. The van der Waals surface area contributed by atoms with Gasteiger partial charge in [-0.05, 0) is 35.7 Å². The Bertz CT molecular complexity index is 665. The van der Waals surface area contributed by atoms with Gasteiger partial charge in [0.05, 0.1) is 13.3 Å². The van der Waals surface area contributed by atoms with Gasteiger partial charge in [-0.3, -0.25) is 0 Å². The van der Waals surface area contributed by atoms with Gasteiger partial charge < -0.3 is 9.47 Å². The molecule has 0 aliphatic carbocycles. The molecule has 108 valence electrons. The summed E-state index contributed by atoms with van der Waals surface area (Å²) in [5, 5.41) is 8.76. The second kappa shape index (κ2) is 5.84. The zero-order valence-corrected chi connectivity index (χ0v) is 12.7. The van der Waals surface area contributed by atoms with Crippen molar-refractivity contribution in [3.05, 3.63) is 47.8 Å². The molecule has 0 spiro atoms. The number of ether oxygens (including phenoxy) is 2. The van der Waals surface area contributed by atoms with E-state index in [9.17, 15) is 0 Å². The highest BCUT2D eigenvalue weighted by molar-refractivity contribution is 5.46. The molecule has 0 saturated carbocycles. The van der Waals surface area contributed by atoms with Gasteiger partial charge in [-0.25, -0.2) is 4.98 Å². The quantitative estimate of drug-likeness (QED) is 0.852. The smallest absolute Gasteiger partial charge is 0.145 e. The fourth-order valence-corrected chi connectivity index (χ4v) is 1.94. The van der Waals surface area contributed by atoms with Crippen molar-refractivity contribution in [2.24, 2.45) is 0 Å². The van der Waals surface area contributed by atoms with Crippen LogP contribution in [0.15, 0.2) is 36.5 Å². The van der Waals surface area contributed by atoms with Gasteiger partial charge in [0.2, 0.25) is 0 Å². The molecule has 2 aromatic rings. The molecule has 0 atom stereocenters. The number of nitrogens with zero attached hydrogens (tertiary/aromatic N) is 2. The van der Waals surface area contributed by atoms with E-state index in [1.54, 1.807) is 25.4 Å². The van der Waals surface area contributed by atoms with Crippen LogP contribution in [0.25, 0.3) is 0 Å². The van der Waals surface area contributed by atoms with E-state index in [1.807, 2.05) is 24.3 Å². The summed E-state index contributed by atoms with van der Waals surface area (Å²) in [5.41, 5.74) is 1.34. The van der Waals surface area contributed by atoms with Crippen LogP contribution in [-0.4, -0.2) is 12.1 Å². The number of nitriles is 1. The van der Waals surface area contributed by atoms with E-state index in [0.29, 0.717) is 11.4 Å². The first kappa shape index (κ1) is 14.9. The first-order valence-electron chi connectivity index (χ1n) is 6.66. The van der Waals surface area contributed by atoms with Crippen LogP contribution in [0, 0.1) is 11.3 Å². The van der Waals surface area contributed by atoms with E-state index in [-0.39, 0.29) is 5.41 Å². The predicted octanol–water partition coefficient (Wildman–Crippen LogP) is 4.05. The lowest BCUT2D eigenvalue weighted by Gasteiger charge is -2.23. The third kappa shape index (κ3) is 3.51. The van der Waals surface area contributed by atoms with E-state index in [1.165, 1.54) is 0 Å². The predicted molar refractivity (Wildman–Crippen MR) is 80.7 cm³/mol. The minimum Gasteiger partial charge on any atom is -0.497 e. The van der Waals surface area contributed by atoms with E-state index >= 15 is 0 Å². The third-order valence-electron chi connectivity index (χ3n) is 3.07. The summed E-state index contributed by atoms with van der Waals surface area (Å²) in [5.74, 6) is 2.16. The van der Waals surface area contributed by atoms with Gasteiger partial charge in [0.15, 0.2) is 0 Å². The van der Waals surface area contributed by atoms with Gasteiger partial charge in [-0.1, -0.05) is 20.8 Å². The molecule has 4 heteroatoms. The molecular weight excluding hydrogens is 264 g/mol. The second-order valence-electron chi connectivity index (χ2n) is 5.71. The Balaban J connectivity index is 2.36. The van der Waals surface area contributed by atoms with Crippen LogP contribution in [0.2, 0.25) is 0 Å². The molecule has 2 rings (SSSR count). The number of benzene rings is 1. The highest BCUT2D eigenvalue weighted by Crippen LogP contribution is 2.36. The molecule has 0 radical (unpaired) electrons. The molecule has 1 aromatic heterocycles. The van der Waals surface area contributed by atoms with Gasteiger partial charge in [0.1, 0.15) is 29.0 Å². The van der Waals surface area contributed by atoms with Crippen molar-refractivity contribution >= 4 is 0 Å². The standard InChI is InChI=1S/C17H18N2O2/c1-17(2,3)15-9-13(20-4)7-8-16(15)21-14-6-5-12(10-18)19-11-14/h5-9,11H,1-4H3. The monoisotopic (exact) mass is 282 g/mol. The van der Waals surface area contributed by atoms with Crippen molar-refractivity contribution < 1.29 is 9.47 Å². The van der Waals surface area contributed by atoms with Crippen molar-refractivity contribution in [3.63, 3.8) is 0 Å². The van der Waals surface area contributed by atoms with Gasteiger partial charge >= 0.3 is 0 Å². The Morgan fingerprint density at radius 2 is 1.81 bits per heavy atom. The number of hydrogen-bond donors (Lipinski definition) is 0. The minimum atomic E-state index is -0.0795. The van der Waals surface area contributed by atoms with Gasteiger partial charge in [0.25, 0.3) is 0 Å². The molecule has 0 amide bonds. The SMILES string of the molecule is COc1ccc(Oc2ccc(C#N)nc2)c(C(C)(C)C)c1. The minimum absolute atomic E-state index is 0.0795. The molecule has 1 heterocycles. The van der Waals surface area contributed by atoms with Gasteiger partial charge in [0, 0.05) is 5.56 Å². The molecule has 0 fully saturated rings. The summed E-state index contributed by atoms with van der Waals surface area (Å²) >= 11 is 0. The van der Waals surface area contributed by atoms with Crippen LogP contribution in [0.4, 0.5) is 0 Å². The number of aromatic nitrogens is 1. The van der Waals surface area contributed by atoms with Crippen LogP contribution in [0.3, 0.4) is 0 Å². The summed E-state index contributed by atoms with van der Waals surface area (Å²) in [6.07, 6.45) is 1.55. The molecule has 21 heavy (non-hydrogen) atoms. The maximum Gasteiger partial charge on any atom is 0.145 e. The average molecular weight is 282 g/mol. The number of pyridine rings is 1. The molecule has 1 aromatic carbocycles. The highest BCUT2D eigenvalue weighted by atomic mass is 16.5. The Hall–Kier alpha value is -2.54. The largest absolute Gasteiger partial charge is 0.497 e. The molecule has 4 nitrogen and oxygen atoms in total. The van der Waals surface area contributed by atoms with E-state index in [2.05, 4.69) is 25.8 Å². The first-order valence-corrected chi connectivity index (χ1v) is 6.66. The van der Waals surface area contributed by atoms with Crippen LogP contribution >= 0.6 is 0 Å². The summed E-state index contributed by atoms with van der Waals surface area (Å²) < 4.78 is 11.2. The molecule has 0 aliphatic rings. The Morgan fingerprint density at radius 1 is 1.10 bits per heavy atom. The summed E-state index contributed by atoms with van der Waals surface area (Å²) in [6, 6.07) is 11.1. The molecule has 0 N–H and O–H groups in total. The third-order valence-corrected chi connectivity index (χ3v) is 3.07. The van der Waals surface area contributed by atoms with Crippen molar-refractivity contribution in [2.75, 3.05) is 7.11 Å². The van der Waals surface area contributed by atoms with Crippen molar-refractivity contribution in [2.45, 2.75) is 26.2 Å². The first-order chi connectivity index (χ1) is 9.94. The highest BCUT2D eigenvalue weighted by Gasteiger charge is 2.20. The Morgan fingerprint density at radius 3 is 2.33 bits per heavy atom. The maximum absolute atomic E-state index is 8.76. The molecule has 0 unspecified atom stereocenters. The summed E-state index contributed by atoms with van der Waals surface area (Å²) in [7, 11) is 1.65. The van der Waals surface area contributed by atoms with E-state index in [4.69, 9.17) is 14.7 Å². The molecule has 0 aliphatic heterocycles. The van der Waals surface area contributed by atoms with E-state index < -0.39 is 0 Å². The molecule has 0 saturated heterocycles. The number of hydrogen-bond acceptors (Lipinski definition) is 4. The summed E-state index contributed by atoms with van der Waals surface area (Å²) in [6.45, 7) is 6.35. The fourth-order valence-electron chi connectivity index (χ4n) is 1.94. The van der Waals surface area contributed by atoms with Crippen molar-refractivity contribution in [1.29, 1.82) is 5.26 Å². The van der Waals surface area contributed by atoms with Crippen LogP contribution < -0.4 is 9.47 Å². The van der Waals surface area contributed by atoms with Crippen molar-refractivity contribution in [3.8, 4) is 23.3 Å². The fraction of sp³-hybridized carbons (Fsp3) is 0.294. The lowest BCUT2D eigenvalue weighted by molar-refractivity contribution is 0.407. The number of methoxy groups -OCH3 is 1. The summed E-state index contributed by atoms with van der Waals surface area (Å²) in [4.78, 5) is 4.01. The second-order valence-corrected chi connectivity index (χ2v) is 5.71. The molecule has 0 bridgehead atoms. The van der Waals surface area contributed by atoms with Gasteiger partial charge in [-0.15, -0.1) is 0 Å². The average Bonchev–Trinajstić information content (AvgIpc) is 2.47. The zero-order valence-electron chi connectivity index (χ0n) is 12.7. The van der Waals surface area contributed by atoms with Crippen LogP contribution in [0.1, 0.15) is 32.0 Å². The maximum atomic E-state index is 8.76.